The topological polar surface area (TPSA) is 89.7 Å². The van der Waals surface area contributed by atoms with Crippen LogP contribution in [0.5, 0.6) is 0 Å². The van der Waals surface area contributed by atoms with Crippen molar-refractivity contribution >= 4 is 51.9 Å². The number of hydrogen-bond donors (Lipinski definition) is 1. The van der Waals surface area contributed by atoms with E-state index >= 15 is 0 Å². The number of hydrogen-bond acceptors (Lipinski definition) is 6. The molecule has 4 unspecified atom stereocenters. The van der Waals surface area contributed by atoms with Crippen LogP contribution in [0.3, 0.4) is 0 Å². The lowest BCUT2D eigenvalue weighted by Crippen LogP contribution is -2.47. The second kappa shape index (κ2) is 9.77. The number of methoxy groups -OCH3 is 1. The summed E-state index contributed by atoms with van der Waals surface area (Å²) in [5, 5.41) is 4.29. The maximum atomic E-state index is 13.9. The lowest BCUT2D eigenvalue weighted by Gasteiger charge is -2.30. The maximum absolute atomic E-state index is 13.9. The van der Waals surface area contributed by atoms with Gasteiger partial charge in [-0.05, 0) is 53.1 Å². The van der Waals surface area contributed by atoms with E-state index in [9.17, 15) is 14.4 Å². The Kier molecular flexibility index (Phi) is 6.99. The van der Waals surface area contributed by atoms with E-state index in [2.05, 4.69) is 0 Å². The number of rotatable bonds is 7. The Bertz CT molecular complexity index is 1160. The summed E-state index contributed by atoms with van der Waals surface area (Å²) in [6, 6.07) is 10.9. The SMILES string of the molecule is COCC(=O)N1C(C(N)=O)C(c2ccc(Cl)cc2)C(C(=O)c2cccs2)C1c1sccc1C. The van der Waals surface area contributed by atoms with Crippen LogP contribution in [0, 0.1) is 12.8 Å². The van der Waals surface area contributed by atoms with Crippen molar-refractivity contribution in [3.63, 3.8) is 0 Å². The zero-order valence-electron chi connectivity index (χ0n) is 18.1. The van der Waals surface area contributed by atoms with Crippen LogP contribution in [0.25, 0.3) is 0 Å². The molecule has 1 saturated heterocycles. The third-order valence-corrected chi connectivity index (χ3v) is 8.23. The van der Waals surface area contributed by atoms with Crippen LogP contribution in [-0.4, -0.2) is 42.3 Å². The van der Waals surface area contributed by atoms with Crippen molar-refractivity contribution in [2.45, 2.75) is 24.9 Å². The Labute approximate surface area is 204 Å². The van der Waals surface area contributed by atoms with Crippen LogP contribution in [0.4, 0.5) is 0 Å². The van der Waals surface area contributed by atoms with Gasteiger partial charge >= 0.3 is 0 Å². The van der Waals surface area contributed by atoms with Crippen molar-refractivity contribution in [2.75, 3.05) is 13.7 Å². The number of carbonyl (C=O) groups is 3. The van der Waals surface area contributed by atoms with Crippen molar-refractivity contribution in [3.8, 4) is 0 Å². The number of thiophene rings is 2. The number of primary amides is 1. The summed E-state index contributed by atoms with van der Waals surface area (Å²) < 4.78 is 5.12. The van der Waals surface area contributed by atoms with Crippen LogP contribution in [0.1, 0.15) is 37.6 Å². The third kappa shape index (κ3) is 4.36. The van der Waals surface area contributed by atoms with E-state index in [0.717, 1.165) is 16.0 Å². The second-order valence-corrected chi connectivity index (χ2v) is 10.3. The molecule has 0 bridgehead atoms. The highest BCUT2D eigenvalue weighted by molar-refractivity contribution is 7.12. The van der Waals surface area contributed by atoms with E-state index in [1.807, 2.05) is 29.8 Å². The van der Waals surface area contributed by atoms with Crippen molar-refractivity contribution in [2.24, 2.45) is 11.7 Å². The van der Waals surface area contributed by atoms with Gasteiger partial charge in [0, 0.05) is 22.9 Å². The Hall–Kier alpha value is -2.52. The lowest BCUT2D eigenvalue weighted by atomic mass is 9.78. The van der Waals surface area contributed by atoms with Crippen molar-refractivity contribution < 1.29 is 19.1 Å². The highest BCUT2D eigenvalue weighted by Crippen LogP contribution is 2.53. The summed E-state index contributed by atoms with van der Waals surface area (Å²) in [6.07, 6.45) is 0. The number of nitrogens with two attached hydrogens (primary N) is 1. The Morgan fingerprint density at radius 1 is 1.09 bits per heavy atom. The largest absolute Gasteiger partial charge is 0.375 e. The van der Waals surface area contributed by atoms with Crippen LogP contribution in [0.2, 0.25) is 5.02 Å². The first kappa shape index (κ1) is 23.6. The van der Waals surface area contributed by atoms with Crippen LogP contribution < -0.4 is 5.73 Å². The Morgan fingerprint density at radius 2 is 1.82 bits per heavy atom. The standard InChI is InChI=1S/C24H23ClN2O4S2/c1-13-9-11-33-23(13)20-19(22(29)16-4-3-10-32-16)18(14-5-7-15(25)8-6-14)21(24(26)30)27(20)17(28)12-31-2/h3-11,18-21H,12H2,1-2H3,(H2,26,30). The fourth-order valence-corrected chi connectivity index (χ4v) is 6.59. The summed E-state index contributed by atoms with van der Waals surface area (Å²) in [7, 11) is 1.42. The molecule has 1 aromatic carbocycles. The second-order valence-electron chi connectivity index (χ2n) is 7.94. The minimum Gasteiger partial charge on any atom is -0.375 e. The molecule has 0 aliphatic carbocycles. The van der Waals surface area contributed by atoms with Gasteiger partial charge in [0.2, 0.25) is 11.8 Å². The molecule has 0 spiro atoms. The number of benzene rings is 1. The summed E-state index contributed by atoms with van der Waals surface area (Å²) in [4.78, 5) is 43.1. The van der Waals surface area contributed by atoms with Gasteiger partial charge in [-0.3, -0.25) is 14.4 Å². The molecule has 4 rings (SSSR count). The molecule has 1 aliphatic rings. The first-order valence-corrected chi connectivity index (χ1v) is 12.5. The van der Waals surface area contributed by atoms with Crippen LogP contribution in [-0.2, 0) is 14.3 Å². The molecule has 33 heavy (non-hydrogen) atoms. The van der Waals surface area contributed by atoms with E-state index in [0.29, 0.717) is 9.90 Å². The highest BCUT2D eigenvalue weighted by Gasteiger charge is 2.57. The summed E-state index contributed by atoms with van der Waals surface area (Å²) >= 11 is 8.91. The van der Waals surface area contributed by atoms with Gasteiger partial charge in [0.05, 0.1) is 16.8 Å². The van der Waals surface area contributed by atoms with Gasteiger partial charge in [0.1, 0.15) is 12.6 Å². The highest BCUT2D eigenvalue weighted by atomic mass is 35.5. The maximum Gasteiger partial charge on any atom is 0.249 e. The number of aryl methyl sites for hydroxylation is 1. The predicted octanol–water partition coefficient (Wildman–Crippen LogP) is 4.44. The van der Waals surface area contributed by atoms with Crippen LogP contribution >= 0.6 is 34.3 Å². The van der Waals surface area contributed by atoms with Crippen molar-refractivity contribution in [1.29, 1.82) is 0 Å². The van der Waals surface area contributed by atoms with E-state index < -0.39 is 29.8 Å². The molecular weight excluding hydrogens is 480 g/mol. The first-order chi connectivity index (χ1) is 15.8. The number of amides is 2. The number of ether oxygens (including phenoxy) is 1. The van der Waals surface area contributed by atoms with E-state index in [4.69, 9.17) is 22.1 Å². The minimum absolute atomic E-state index is 0.123. The Morgan fingerprint density at radius 3 is 2.36 bits per heavy atom. The quantitative estimate of drug-likeness (QED) is 0.484. The number of carbonyl (C=O) groups excluding carboxylic acids is 3. The molecule has 2 N–H and O–H groups in total. The molecule has 3 heterocycles. The zero-order chi connectivity index (χ0) is 23.7. The van der Waals surface area contributed by atoms with Crippen molar-refractivity contribution in [3.05, 3.63) is 79.1 Å². The van der Waals surface area contributed by atoms with Gasteiger partial charge in [-0.15, -0.1) is 22.7 Å². The average molecular weight is 503 g/mol. The molecular formula is C24H23ClN2O4S2. The van der Waals surface area contributed by atoms with Gasteiger partial charge in [-0.2, -0.15) is 0 Å². The lowest BCUT2D eigenvalue weighted by molar-refractivity contribution is -0.142. The monoisotopic (exact) mass is 502 g/mol. The molecule has 3 aromatic rings. The molecule has 2 aromatic heterocycles. The number of halogens is 1. The molecule has 1 fully saturated rings. The summed E-state index contributed by atoms with van der Waals surface area (Å²) in [5.74, 6) is -2.52. The zero-order valence-corrected chi connectivity index (χ0v) is 20.5. The fraction of sp³-hybridized carbons (Fsp3) is 0.292. The van der Waals surface area contributed by atoms with E-state index in [1.165, 1.54) is 34.7 Å². The van der Waals surface area contributed by atoms with Gasteiger partial charge in [-0.25, -0.2) is 0 Å². The first-order valence-electron chi connectivity index (χ1n) is 10.3. The molecule has 0 saturated carbocycles. The van der Waals surface area contributed by atoms with Gasteiger partial charge in [0.25, 0.3) is 0 Å². The van der Waals surface area contributed by atoms with Gasteiger partial charge < -0.3 is 15.4 Å². The smallest absolute Gasteiger partial charge is 0.249 e. The third-order valence-electron chi connectivity index (χ3n) is 6.01. The van der Waals surface area contributed by atoms with Gasteiger partial charge in [-0.1, -0.05) is 29.8 Å². The number of Topliss-reactive ketones (excluding diaryl/α,β-unsaturated/α-hetero) is 1. The summed E-state index contributed by atoms with van der Waals surface area (Å²) in [6.45, 7) is 1.71. The van der Waals surface area contributed by atoms with Crippen molar-refractivity contribution in [1.82, 2.24) is 4.90 Å². The fourth-order valence-electron chi connectivity index (χ4n) is 4.68. The Balaban J connectivity index is 1.97. The number of likely N-dealkylation sites (tertiary alicyclic amines) is 1. The van der Waals surface area contributed by atoms with Crippen LogP contribution in [0.15, 0.2) is 53.2 Å². The average Bonchev–Trinajstić information content (AvgIpc) is 3.52. The predicted molar refractivity (Wildman–Crippen MR) is 130 cm³/mol. The van der Waals surface area contributed by atoms with E-state index in [-0.39, 0.29) is 18.3 Å². The minimum atomic E-state index is -1.02. The molecule has 1 aliphatic heterocycles. The molecule has 9 heteroatoms. The number of nitrogens with zero attached hydrogens (tertiary/aromatic N) is 1. The molecule has 0 radical (unpaired) electrons. The molecule has 172 valence electrons. The molecule has 6 nitrogen and oxygen atoms in total. The molecule has 4 atom stereocenters. The van der Waals surface area contributed by atoms with E-state index in [1.54, 1.807) is 30.3 Å². The normalized spacial score (nSPS) is 22.5. The number of ketones is 1. The molecule has 2 amide bonds. The summed E-state index contributed by atoms with van der Waals surface area (Å²) in [5.41, 5.74) is 7.58. The van der Waals surface area contributed by atoms with Gasteiger partial charge in [0.15, 0.2) is 5.78 Å².